The highest BCUT2D eigenvalue weighted by atomic mass is 16.7. The average Bonchev–Trinajstić information content (AvgIpc) is 2.31. The van der Waals surface area contributed by atoms with E-state index in [2.05, 4.69) is 13.2 Å². The summed E-state index contributed by atoms with van der Waals surface area (Å²) in [7, 11) is 0. The van der Waals surface area contributed by atoms with E-state index < -0.39 is 0 Å². The summed E-state index contributed by atoms with van der Waals surface area (Å²) in [6.07, 6.45) is 2.69. The summed E-state index contributed by atoms with van der Waals surface area (Å²) in [5, 5.41) is 0. The summed E-state index contributed by atoms with van der Waals surface area (Å²) in [5.41, 5.74) is -0.168. The maximum Gasteiger partial charge on any atom is 0.176 e. The van der Waals surface area contributed by atoms with Crippen LogP contribution in [-0.4, -0.2) is 39.0 Å². The van der Waals surface area contributed by atoms with E-state index in [1.54, 1.807) is 12.2 Å². The van der Waals surface area contributed by atoms with Crippen LogP contribution >= 0.6 is 0 Å². The van der Waals surface area contributed by atoms with Crippen LogP contribution in [0.1, 0.15) is 7.43 Å². The zero-order chi connectivity index (χ0) is 10.7. The lowest BCUT2D eigenvalue weighted by molar-refractivity contribution is -0.282. The van der Waals surface area contributed by atoms with Crippen molar-refractivity contribution in [3.8, 4) is 0 Å². The third kappa shape index (κ3) is 2.71. The quantitative estimate of drug-likeness (QED) is 0.674. The average molecular weight is 228 g/mol. The lowest BCUT2D eigenvalue weighted by atomic mass is 9.91. The highest BCUT2D eigenvalue weighted by Gasteiger charge is 2.40. The first-order chi connectivity index (χ1) is 7.28. The van der Waals surface area contributed by atoms with Gasteiger partial charge in [-0.25, -0.2) is 0 Å². The molecule has 16 heavy (non-hydrogen) atoms. The van der Waals surface area contributed by atoms with Gasteiger partial charge in [-0.2, -0.15) is 0 Å². The molecule has 0 saturated carbocycles. The molecule has 2 saturated heterocycles. The molecule has 4 nitrogen and oxygen atoms in total. The summed E-state index contributed by atoms with van der Waals surface area (Å²) < 4.78 is 21.9. The highest BCUT2D eigenvalue weighted by Crippen LogP contribution is 2.30. The number of hydrogen-bond donors (Lipinski definition) is 0. The minimum absolute atomic E-state index is 0. The molecule has 0 radical (unpaired) electrons. The van der Waals surface area contributed by atoms with E-state index in [4.69, 9.17) is 18.9 Å². The van der Waals surface area contributed by atoms with Crippen LogP contribution in [0.3, 0.4) is 0 Å². The predicted molar refractivity (Wildman–Crippen MR) is 60.9 cm³/mol. The zero-order valence-corrected chi connectivity index (χ0v) is 8.69. The van der Waals surface area contributed by atoms with Gasteiger partial charge in [0.15, 0.2) is 12.6 Å². The second-order valence-corrected chi connectivity index (χ2v) is 3.95. The van der Waals surface area contributed by atoms with Crippen LogP contribution in [0.5, 0.6) is 0 Å². The number of hydrogen-bond acceptors (Lipinski definition) is 4. The van der Waals surface area contributed by atoms with Crippen LogP contribution in [0.4, 0.5) is 0 Å². The maximum atomic E-state index is 5.46. The van der Waals surface area contributed by atoms with E-state index in [0.29, 0.717) is 26.4 Å². The molecular weight excluding hydrogens is 208 g/mol. The smallest absolute Gasteiger partial charge is 0.176 e. The van der Waals surface area contributed by atoms with Gasteiger partial charge in [-0.05, 0) is 12.2 Å². The Morgan fingerprint density at radius 1 is 0.812 bits per heavy atom. The largest absolute Gasteiger partial charge is 0.348 e. The molecular formula is C12H20O4. The molecule has 0 aromatic heterocycles. The van der Waals surface area contributed by atoms with E-state index in [1.807, 2.05) is 0 Å². The summed E-state index contributed by atoms with van der Waals surface area (Å²) in [6.45, 7) is 9.54. The van der Waals surface area contributed by atoms with Crippen molar-refractivity contribution in [3.63, 3.8) is 0 Å². The highest BCUT2D eigenvalue weighted by molar-refractivity contribution is 4.89. The van der Waals surface area contributed by atoms with Crippen molar-refractivity contribution in [1.82, 2.24) is 0 Å². The first-order valence-corrected chi connectivity index (χ1v) is 4.99. The van der Waals surface area contributed by atoms with Crippen LogP contribution in [-0.2, 0) is 18.9 Å². The van der Waals surface area contributed by atoms with Crippen molar-refractivity contribution in [2.45, 2.75) is 20.0 Å². The molecule has 2 fully saturated rings. The zero-order valence-electron chi connectivity index (χ0n) is 8.69. The van der Waals surface area contributed by atoms with Gasteiger partial charge in [-0.1, -0.05) is 20.6 Å². The fourth-order valence-corrected chi connectivity index (χ4v) is 1.65. The summed E-state index contributed by atoms with van der Waals surface area (Å²) in [6, 6.07) is 0. The fourth-order valence-electron chi connectivity index (χ4n) is 1.65. The molecule has 0 atom stereocenters. The monoisotopic (exact) mass is 228 g/mol. The summed E-state index contributed by atoms with van der Waals surface area (Å²) in [5.74, 6) is 0. The standard InChI is InChI=1S/C11H16O4.CH4/c1-3-9-12-5-11(6-13-9)7-14-10(4-2)15-8-11;/h3-4,9-10H,1-2,5-8H2;1H4. The third-order valence-electron chi connectivity index (χ3n) is 2.60. The molecule has 0 bridgehead atoms. The van der Waals surface area contributed by atoms with Gasteiger partial charge in [-0.3, -0.25) is 0 Å². The van der Waals surface area contributed by atoms with E-state index >= 15 is 0 Å². The van der Waals surface area contributed by atoms with E-state index in [0.717, 1.165) is 0 Å². The van der Waals surface area contributed by atoms with E-state index in [9.17, 15) is 0 Å². The van der Waals surface area contributed by atoms with Gasteiger partial charge in [-0.15, -0.1) is 0 Å². The van der Waals surface area contributed by atoms with Gasteiger partial charge in [0.25, 0.3) is 0 Å². The minimum Gasteiger partial charge on any atom is -0.348 e. The van der Waals surface area contributed by atoms with Crippen molar-refractivity contribution < 1.29 is 18.9 Å². The molecule has 2 heterocycles. The summed E-state index contributed by atoms with van der Waals surface area (Å²) in [4.78, 5) is 0. The Labute approximate surface area is 96.8 Å². The summed E-state index contributed by atoms with van der Waals surface area (Å²) >= 11 is 0. The molecule has 2 aliphatic heterocycles. The fraction of sp³-hybridized carbons (Fsp3) is 0.667. The van der Waals surface area contributed by atoms with Gasteiger partial charge in [0.2, 0.25) is 0 Å². The van der Waals surface area contributed by atoms with Crippen LogP contribution < -0.4 is 0 Å². The van der Waals surface area contributed by atoms with Crippen molar-refractivity contribution >= 4 is 0 Å². The van der Waals surface area contributed by atoms with Crippen molar-refractivity contribution in [1.29, 1.82) is 0 Å². The Morgan fingerprint density at radius 2 is 1.12 bits per heavy atom. The lowest BCUT2D eigenvalue weighted by Gasteiger charge is -2.42. The molecule has 0 aromatic carbocycles. The van der Waals surface area contributed by atoms with Crippen molar-refractivity contribution in [2.24, 2.45) is 5.41 Å². The molecule has 0 amide bonds. The van der Waals surface area contributed by atoms with Crippen molar-refractivity contribution in [2.75, 3.05) is 26.4 Å². The molecule has 0 N–H and O–H groups in total. The van der Waals surface area contributed by atoms with E-state index in [1.165, 1.54) is 0 Å². The Hall–Kier alpha value is -0.680. The topological polar surface area (TPSA) is 36.9 Å². The normalized spacial score (nSPS) is 38.8. The molecule has 92 valence electrons. The lowest BCUT2D eigenvalue weighted by Crippen LogP contribution is -2.51. The van der Waals surface area contributed by atoms with Gasteiger partial charge in [0.05, 0.1) is 31.8 Å². The third-order valence-corrected chi connectivity index (χ3v) is 2.60. The van der Waals surface area contributed by atoms with Crippen LogP contribution in [0.25, 0.3) is 0 Å². The van der Waals surface area contributed by atoms with Crippen LogP contribution in [0, 0.1) is 5.41 Å². The molecule has 1 spiro atoms. The molecule has 2 rings (SSSR count). The maximum absolute atomic E-state index is 5.46. The molecule has 4 heteroatoms. The van der Waals surface area contributed by atoms with Gasteiger partial charge < -0.3 is 18.9 Å². The van der Waals surface area contributed by atoms with Crippen molar-refractivity contribution in [3.05, 3.63) is 25.3 Å². The molecule has 0 unspecified atom stereocenters. The van der Waals surface area contributed by atoms with Gasteiger partial charge >= 0.3 is 0 Å². The number of ether oxygens (including phenoxy) is 4. The molecule has 0 aromatic rings. The first-order valence-electron chi connectivity index (χ1n) is 4.99. The minimum atomic E-state index is -0.298. The van der Waals surface area contributed by atoms with Crippen LogP contribution in [0.15, 0.2) is 25.3 Å². The van der Waals surface area contributed by atoms with Crippen LogP contribution in [0.2, 0.25) is 0 Å². The Balaban J connectivity index is 0.00000128. The first kappa shape index (κ1) is 13.4. The Morgan fingerprint density at radius 3 is 1.38 bits per heavy atom. The SMILES string of the molecule is C.C=CC1OCC2(CO1)COC(C=C)OC2. The second-order valence-electron chi connectivity index (χ2n) is 3.95. The van der Waals surface area contributed by atoms with Gasteiger partial charge in [0.1, 0.15) is 0 Å². The van der Waals surface area contributed by atoms with E-state index in [-0.39, 0.29) is 25.4 Å². The molecule has 0 aliphatic carbocycles. The Bertz CT molecular complexity index is 206. The molecule has 2 aliphatic rings. The van der Waals surface area contributed by atoms with Gasteiger partial charge in [0, 0.05) is 0 Å². The predicted octanol–water partition coefficient (Wildman–Crippen LogP) is 1.73. The number of rotatable bonds is 2. The Kier molecular flexibility index (Phi) is 4.68. The second kappa shape index (κ2) is 5.59.